The standard InChI is InChI=1S/C74H72BN3/c1-47-40-54(73(8,9)10)30-39-67(47)78-68-46-58(77(56-32-26-52(27-33-56)71(2,3)4)57-34-28-53(29-35-57)72(5,6)7)36-38-65(68)75-70-62(42-51(44-69(70)78)48-20-14-13-15-21-48)61-41-49-22-16-17-23-50(49)43-66(61)76-55-31-37-60-59-24-18-19-25-63(59)74(11,12)64(60)45-55/h13-46,75-76H,1-12H3. The quantitative estimate of drug-likeness (QED) is 0.153. The van der Waals surface area contributed by atoms with Crippen molar-refractivity contribution in [1.29, 1.82) is 0 Å². The van der Waals surface area contributed by atoms with E-state index in [1.54, 1.807) is 0 Å². The smallest absolute Gasteiger partial charge is 0.198 e. The molecule has 1 N–H and O–H groups in total. The molecular formula is C74H72BN3. The van der Waals surface area contributed by atoms with E-state index >= 15 is 0 Å². The molecular weight excluding hydrogens is 942 g/mol. The summed E-state index contributed by atoms with van der Waals surface area (Å²) in [5, 5.41) is 6.48. The maximum absolute atomic E-state index is 4.07. The number of aryl methyl sites for hydroxylation is 1. The van der Waals surface area contributed by atoms with Crippen LogP contribution in [0.5, 0.6) is 0 Å². The summed E-state index contributed by atoms with van der Waals surface area (Å²) in [4.78, 5) is 5.04. The monoisotopic (exact) mass is 1010 g/mol. The molecule has 0 aromatic heterocycles. The molecule has 0 bridgehead atoms. The Labute approximate surface area is 464 Å². The summed E-state index contributed by atoms with van der Waals surface area (Å²) in [5.41, 5.74) is 26.9. The Morgan fingerprint density at radius 3 is 1.64 bits per heavy atom. The molecule has 12 rings (SSSR count). The molecule has 4 heteroatoms. The van der Waals surface area contributed by atoms with E-state index in [9.17, 15) is 0 Å². The fraction of sp³-hybridized carbons (Fsp3) is 0.216. The maximum Gasteiger partial charge on any atom is 0.198 e. The number of fused-ring (bicyclic) bond motifs is 6. The second kappa shape index (κ2) is 18.8. The second-order valence-electron chi connectivity index (χ2n) is 25.7. The van der Waals surface area contributed by atoms with Crippen LogP contribution in [0.25, 0.3) is 44.2 Å². The highest BCUT2D eigenvalue weighted by molar-refractivity contribution is 6.73. The predicted octanol–water partition coefficient (Wildman–Crippen LogP) is 19.1. The zero-order valence-corrected chi connectivity index (χ0v) is 47.7. The minimum Gasteiger partial charge on any atom is -0.355 e. The molecule has 0 saturated heterocycles. The minimum atomic E-state index is -0.121. The first kappa shape index (κ1) is 50.7. The van der Waals surface area contributed by atoms with Crippen LogP contribution in [0.1, 0.15) is 110 Å². The largest absolute Gasteiger partial charge is 0.355 e. The van der Waals surface area contributed by atoms with Crippen LogP contribution in [0.15, 0.2) is 206 Å². The van der Waals surface area contributed by atoms with E-state index in [4.69, 9.17) is 0 Å². The maximum atomic E-state index is 4.07. The predicted molar refractivity (Wildman–Crippen MR) is 339 cm³/mol. The van der Waals surface area contributed by atoms with E-state index in [0.717, 1.165) is 35.7 Å². The first-order valence-corrected chi connectivity index (χ1v) is 28.0. The van der Waals surface area contributed by atoms with Gasteiger partial charge in [0, 0.05) is 56.5 Å². The number of benzene rings is 10. The van der Waals surface area contributed by atoms with Crippen molar-refractivity contribution in [2.24, 2.45) is 0 Å². The summed E-state index contributed by atoms with van der Waals surface area (Å²) in [7, 11) is 0.753. The molecule has 2 aliphatic rings. The van der Waals surface area contributed by atoms with Crippen LogP contribution < -0.4 is 26.0 Å². The summed E-state index contributed by atoms with van der Waals surface area (Å²) in [6.45, 7) is 27.7. The van der Waals surface area contributed by atoms with Gasteiger partial charge in [0.1, 0.15) is 0 Å². The molecule has 0 atom stereocenters. The lowest BCUT2D eigenvalue weighted by atomic mass is 9.57. The number of nitrogens with one attached hydrogen (secondary N) is 1. The first-order valence-electron chi connectivity index (χ1n) is 28.0. The average molecular weight is 1010 g/mol. The third kappa shape index (κ3) is 9.09. The van der Waals surface area contributed by atoms with Crippen LogP contribution in [-0.2, 0) is 21.7 Å². The molecule has 1 heterocycles. The molecule has 78 heavy (non-hydrogen) atoms. The zero-order valence-electron chi connectivity index (χ0n) is 47.7. The number of rotatable bonds is 8. The lowest BCUT2D eigenvalue weighted by Gasteiger charge is -2.38. The van der Waals surface area contributed by atoms with Crippen LogP contribution in [0, 0.1) is 6.92 Å². The third-order valence-corrected chi connectivity index (χ3v) is 16.8. The van der Waals surface area contributed by atoms with Crippen LogP contribution in [0.2, 0.25) is 0 Å². The summed E-state index contributed by atoms with van der Waals surface area (Å²) < 4.78 is 0. The number of hydrogen-bond donors (Lipinski definition) is 1. The topological polar surface area (TPSA) is 18.5 Å². The number of nitrogens with zero attached hydrogens (tertiary/aromatic N) is 2. The van der Waals surface area contributed by atoms with Gasteiger partial charge in [0.15, 0.2) is 7.28 Å². The SMILES string of the molecule is Cc1cc(C(C)(C)C)ccc1N1c2cc(N(c3ccc(C(C)(C)C)cc3)c3ccc(C(C)(C)C)cc3)ccc2Bc2c(-c3cc4ccccc4cc3Nc3ccc4c(c3)C(C)(C)c3ccccc3-4)cc(-c3ccccc3)cc21. The molecule has 0 spiro atoms. The van der Waals surface area contributed by atoms with Crippen molar-refractivity contribution < 1.29 is 0 Å². The van der Waals surface area contributed by atoms with Gasteiger partial charge in [-0.05, 0) is 179 Å². The third-order valence-electron chi connectivity index (χ3n) is 16.8. The van der Waals surface area contributed by atoms with Gasteiger partial charge in [-0.3, -0.25) is 0 Å². The lowest BCUT2D eigenvalue weighted by Crippen LogP contribution is -2.41. The summed E-state index contributed by atoms with van der Waals surface area (Å²) in [6, 6.07) is 78.1. The fourth-order valence-corrected chi connectivity index (χ4v) is 12.3. The van der Waals surface area contributed by atoms with Crippen LogP contribution in [-0.4, -0.2) is 7.28 Å². The van der Waals surface area contributed by atoms with E-state index in [2.05, 4.69) is 304 Å². The van der Waals surface area contributed by atoms with Gasteiger partial charge in [-0.15, -0.1) is 0 Å². The Balaban J connectivity index is 1.08. The molecule has 0 fully saturated rings. The summed E-state index contributed by atoms with van der Waals surface area (Å²) >= 11 is 0. The zero-order chi connectivity index (χ0) is 54.5. The summed E-state index contributed by atoms with van der Waals surface area (Å²) in [5.74, 6) is 0. The fourth-order valence-electron chi connectivity index (χ4n) is 12.3. The van der Waals surface area contributed by atoms with Gasteiger partial charge in [0.05, 0.1) is 0 Å². The van der Waals surface area contributed by atoms with E-state index in [0.29, 0.717) is 0 Å². The molecule has 386 valence electrons. The van der Waals surface area contributed by atoms with E-state index in [1.165, 1.54) is 106 Å². The van der Waals surface area contributed by atoms with Crippen molar-refractivity contribution in [1.82, 2.24) is 0 Å². The summed E-state index contributed by atoms with van der Waals surface area (Å²) in [6.07, 6.45) is 0. The van der Waals surface area contributed by atoms with Crippen LogP contribution in [0.4, 0.5) is 45.5 Å². The Morgan fingerprint density at radius 2 is 1.00 bits per heavy atom. The van der Waals surface area contributed by atoms with Gasteiger partial charge in [-0.1, -0.05) is 209 Å². The molecule has 10 aromatic rings. The van der Waals surface area contributed by atoms with Gasteiger partial charge in [-0.25, -0.2) is 0 Å². The molecule has 0 saturated carbocycles. The van der Waals surface area contributed by atoms with E-state index in [-0.39, 0.29) is 21.7 Å². The molecule has 0 amide bonds. The van der Waals surface area contributed by atoms with Crippen molar-refractivity contribution in [2.75, 3.05) is 15.1 Å². The minimum absolute atomic E-state index is 0.00848. The highest BCUT2D eigenvalue weighted by atomic mass is 15.2. The van der Waals surface area contributed by atoms with Crippen molar-refractivity contribution in [2.45, 2.75) is 105 Å². The van der Waals surface area contributed by atoms with Crippen molar-refractivity contribution in [3.63, 3.8) is 0 Å². The normalized spacial score (nSPS) is 13.6. The van der Waals surface area contributed by atoms with Gasteiger partial charge in [-0.2, -0.15) is 0 Å². The lowest BCUT2D eigenvalue weighted by molar-refractivity contribution is 0.589. The Kier molecular flexibility index (Phi) is 12.3. The first-order chi connectivity index (χ1) is 37.2. The van der Waals surface area contributed by atoms with Gasteiger partial charge >= 0.3 is 0 Å². The second-order valence-corrected chi connectivity index (χ2v) is 25.7. The Morgan fingerprint density at radius 1 is 0.423 bits per heavy atom. The highest BCUT2D eigenvalue weighted by Gasteiger charge is 2.36. The molecule has 0 radical (unpaired) electrons. The van der Waals surface area contributed by atoms with Crippen LogP contribution in [0.3, 0.4) is 0 Å². The van der Waals surface area contributed by atoms with Gasteiger partial charge in [0.2, 0.25) is 0 Å². The van der Waals surface area contributed by atoms with E-state index < -0.39 is 0 Å². The van der Waals surface area contributed by atoms with Crippen molar-refractivity contribution in [3.8, 4) is 33.4 Å². The Hall–Kier alpha value is -8.08. The van der Waals surface area contributed by atoms with E-state index in [1.807, 2.05) is 0 Å². The molecule has 1 aliphatic heterocycles. The average Bonchev–Trinajstić information content (AvgIpc) is 3.84. The molecule has 10 aromatic carbocycles. The van der Waals surface area contributed by atoms with Crippen LogP contribution >= 0.6 is 0 Å². The Bertz CT molecular complexity index is 3880. The van der Waals surface area contributed by atoms with Gasteiger partial charge < -0.3 is 15.1 Å². The van der Waals surface area contributed by atoms with Crippen molar-refractivity contribution in [3.05, 3.63) is 240 Å². The highest BCUT2D eigenvalue weighted by Crippen LogP contribution is 2.51. The van der Waals surface area contributed by atoms with Gasteiger partial charge in [0.25, 0.3) is 0 Å². The molecule has 0 unspecified atom stereocenters. The number of hydrogen-bond acceptors (Lipinski definition) is 3. The molecule has 3 nitrogen and oxygen atoms in total. The number of anilines is 8. The van der Waals surface area contributed by atoms with Crippen molar-refractivity contribution >= 4 is 74.5 Å². The molecule has 1 aliphatic carbocycles.